The molecule has 0 saturated heterocycles. The third-order valence-corrected chi connectivity index (χ3v) is 4.08. The number of rotatable bonds is 11. The zero-order valence-electron chi connectivity index (χ0n) is 17.6. The number of allylic oxidation sites excluding steroid dienone is 1. The Kier molecular flexibility index (Phi) is 13.8. The molecule has 0 aliphatic rings. The Morgan fingerprint density at radius 2 is 1.69 bits per heavy atom. The zero-order valence-corrected chi connectivity index (χ0v) is 19.1. The van der Waals surface area contributed by atoms with Gasteiger partial charge in [-0.3, -0.25) is 14.4 Å². The van der Waals surface area contributed by atoms with Crippen LogP contribution in [0.3, 0.4) is 0 Å². The van der Waals surface area contributed by atoms with Gasteiger partial charge >= 0.3 is 11.9 Å². The van der Waals surface area contributed by atoms with Crippen LogP contribution in [0.2, 0.25) is 0 Å². The van der Waals surface area contributed by atoms with Gasteiger partial charge in [0.25, 0.3) is 0 Å². The van der Waals surface area contributed by atoms with E-state index < -0.39 is 17.4 Å². The summed E-state index contributed by atoms with van der Waals surface area (Å²) in [6, 6.07) is 0. The van der Waals surface area contributed by atoms with E-state index in [2.05, 4.69) is 46.2 Å². The number of hydrogen-bond donors (Lipinski definition) is 0. The summed E-state index contributed by atoms with van der Waals surface area (Å²) >= 11 is 3.22. The van der Waals surface area contributed by atoms with Crippen LogP contribution in [0.1, 0.15) is 52.9 Å². The number of ether oxygens (including phenoxy) is 3. The minimum Gasteiger partial charge on any atom is -0.465 e. The summed E-state index contributed by atoms with van der Waals surface area (Å²) in [5.74, 6) is 9.55. The van der Waals surface area contributed by atoms with E-state index in [9.17, 15) is 14.4 Å². The molecule has 160 valence electrons. The molecule has 0 aliphatic carbocycles. The lowest BCUT2D eigenvalue weighted by Crippen LogP contribution is -2.42. The van der Waals surface area contributed by atoms with Gasteiger partial charge in [0.2, 0.25) is 5.78 Å². The molecular formula is C22H29BrO6. The minimum atomic E-state index is -1.59. The van der Waals surface area contributed by atoms with Gasteiger partial charge in [0.1, 0.15) is 6.10 Å². The molecule has 29 heavy (non-hydrogen) atoms. The van der Waals surface area contributed by atoms with Crippen molar-refractivity contribution >= 4 is 33.7 Å². The summed E-state index contributed by atoms with van der Waals surface area (Å²) in [5.41, 5.74) is -1.59. The summed E-state index contributed by atoms with van der Waals surface area (Å²) in [4.78, 5) is 36.1. The molecule has 0 spiro atoms. The Labute approximate surface area is 181 Å². The van der Waals surface area contributed by atoms with Crippen molar-refractivity contribution in [3.8, 4) is 23.7 Å². The lowest BCUT2D eigenvalue weighted by atomic mass is 9.81. The lowest BCUT2D eigenvalue weighted by molar-refractivity contribution is -0.171. The van der Waals surface area contributed by atoms with Gasteiger partial charge in [-0.05, 0) is 37.1 Å². The fraction of sp³-hybridized carbons (Fsp3) is 0.591. The minimum absolute atomic E-state index is 0.0115. The predicted octanol–water partition coefficient (Wildman–Crippen LogP) is 3.57. The Morgan fingerprint density at radius 1 is 1.10 bits per heavy atom. The molecule has 6 nitrogen and oxygen atoms in total. The highest BCUT2D eigenvalue weighted by atomic mass is 79.9. The monoisotopic (exact) mass is 468 g/mol. The maximum absolute atomic E-state index is 12.6. The number of unbranched alkanes of at least 4 members (excludes halogenated alkanes) is 1. The second kappa shape index (κ2) is 14.8. The van der Waals surface area contributed by atoms with Gasteiger partial charge in [-0.15, -0.1) is 0 Å². The number of Topliss-reactive ketones (excluding diaryl/α,β-unsaturated/α-hetero) is 1. The second-order valence-corrected chi connectivity index (χ2v) is 7.31. The van der Waals surface area contributed by atoms with Crippen molar-refractivity contribution in [1.29, 1.82) is 0 Å². The number of ketones is 1. The van der Waals surface area contributed by atoms with Gasteiger partial charge in [-0.2, -0.15) is 0 Å². The molecule has 0 amide bonds. The number of carbonyl (C=O) groups excluding carboxylic acids is 3. The fourth-order valence-electron chi connectivity index (χ4n) is 2.43. The topological polar surface area (TPSA) is 78.9 Å². The molecule has 0 aliphatic heterocycles. The van der Waals surface area contributed by atoms with Crippen molar-refractivity contribution in [2.75, 3.05) is 20.3 Å². The van der Waals surface area contributed by atoms with Crippen molar-refractivity contribution in [3.05, 3.63) is 11.1 Å². The van der Waals surface area contributed by atoms with Crippen LogP contribution in [-0.4, -0.2) is 44.1 Å². The summed E-state index contributed by atoms with van der Waals surface area (Å²) in [6.07, 6.45) is 1.40. The maximum atomic E-state index is 12.6. The Morgan fingerprint density at radius 3 is 2.14 bits per heavy atom. The van der Waals surface area contributed by atoms with Crippen molar-refractivity contribution in [3.63, 3.8) is 0 Å². The molecular weight excluding hydrogens is 440 g/mol. The Balaban J connectivity index is 5.40. The van der Waals surface area contributed by atoms with Crippen LogP contribution in [0.4, 0.5) is 0 Å². The van der Waals surface area contributed by atoms with Crippen LogP contribution in [0, 0.1) is 29.1 Å². The number of methoxy groups -OCH3 is 1. The van der Waals surface area contributed by atoms with Crippen molar-refractivity contribution in [1.82, 2.24) is 0 Å². The number of halogens is 1. The first-order chi connectivity index (χ1) is 13.7. The van der Waals surface area contributed by atoms with Crippen LogP contribution in [-0.2, 0) is 28.6 Å². The van der Waals surface area contributed by atoms with Crippen LogP contribution in [0.15, 0.2) is 11.1 Å². The number of carbonyl (C=O) groups is 3. The van der Waals surface area contributed by atoms with Gasteiger partial charge in [0.05, 0.1) is 13.2 Å². The van der Waals surface area contributed by atoms with Gasteiger partial charge < -0.3 is 14.2 Å². The maximum Gasteiger partial charge on any atom is 0.324 e. The molecule has 0 N–H and O–H groups in total. The average Bonchev–Trinajstić information content (AvgIpc) is 2.65. The van der Waals surface area contributed by atoms with E-state index >= 15 is 0 Å². The van der Waals surface area contributed by atoms with Crippen molar-refractivity contribution in [2.45, 2.75) is 59.0 Å². The summed E-state index contributed by atoms with van der Waals surface area (Å²) in [5, 5.41) is 0. The molecule has 0 rings (SSSR count). The number of esters is 2. The van der Waals surface area contributed by atoms with Gasteiger partial charge in [0, 0.05) is 33.3 Å². The summed E-state index contributed by atoms with van der Waals surface area (Å²) in [6.45, 7) is 8.75. The average molecular weight is 469 g/mol. The third kappa shape index (κ3) is 10.3. The number of hydrogen-bond acceptors (Lipinski definition) is 6. The molecule has 0 heterocycles. The van der Waals surface area contributed by atoms with E-state index in [1.54, 1.807) is 13.8 Å². The predicted molar refractivity (Wildman–Crippen MR) is 114 cm³/mol. The largest absolute Gasteiger partial charge is 0.465 e. The van der Waals surface area contributed by atoms with E-state index in [0.29, 0.717) is 23.7 Å². The van der Waals surface area contributed by atoms with E-state index in [0.717, 1.165) is 0 Å². The molecule has 0 aromatic carbocycles. The normalized spacial score (nSPS) is 11.2. The molecule has 0 aromatic rings. The smallest absolute Gasteiger partial charge is 0.324 e. The van der Waals surface area contributed by atoms with Crippen LogP contribution in [0.5, 0.6) is 0 Å². The third-order valence-electron chi connectivity index (χ3n) is 3.80. The van der Waals surface area contributed by atoms with Crippen molar-refractivity contribution in [2.24, 2.45) is 5.41 Å². The standard InChI is InChI=1S/C22H29BrO6/c1-6-28-20(25)22(16-17(3)23,21(26)29-7-2)15-11-14-19(27-5)13-10-8-9-12-18(4)24/h19H,3,6-8,10,13,15-16H2,1-2,4-5H3. The van der Waals surface area contributed by atoms with E-state index in [4.69, 9.17) is 14.2 Å². The fourth-order valence-corrected chi connectivity index (χ4v) is 2.91. The molecule has 0 bridgehead atoms. The second-order valence-electron chi connectivity index (χ2n) is 6.19. The van der Waals surface area contributed by atoms with Gasteiger partial charge in [0.15, 0.2) is 5.41 Å². The highest BCUT2D eigenvalue weighted by Crippen LogP contribution is 2.35. The first-order valence-corrected chi connectivity index (χ1v) is 10.2. The van der Waals surface area contributed by atoms with Crippen LogP contribution < -0.4 is 0 Å². The molecule has 1 unspecified atom stereocenters. The van der Waals surface area contributed by atoms with Gasteiger partial charge in [-0.1, -0.05) is 40.3 Å². The Hall–Kier alpha value is -2.09. The lowest BCUT2D eigenvalue weighted by Gasteiger charge is -2.27. The van der Waals surface area contributed by atoms with Crippen LogP contribution in [0.25, 0.3) is 0 Å². The first kappa shape index (κ1) is 26.9. The molecule has 0 radical (unpaired) electrons. The molecule has 0 fully saturated rings. The SMILES string of the molecule is C=C(Br)CC(CC#CC(CCCC#CC(C)=O)OC)(C(=O)OCC)C(=O)OCC. The molecule has 1 atom stereocenters. The van der Waals surface area contributed by atoms with Gasteiger partial charge in [-0.25, -0.2) is 0 Å². The van der Waals surface area contributed by atoms with Crippen molar-refractivity contribution < 1.29 is 28.6 Å². The molecule has 0 saturated carbocycles. The highest BCUT2D eigenvalue weighted by Gasteiger charge is 2.48. The zero-order chi connectivity index (χ0) is 22.3. The van der Waals surface area contributed by atoms with E-state index in [1.165, 1.54) is 14.0 Å². The molecule has 0 aromatic heterocycles. The van der Waals surface area contributed by atoms with E-state index in [-0.39, 0.29) is 37.9 Å². The molecule has 7 heteroatoms. The van der Waals surface area contributed by atoms with Crippen LogP contribution >= 0.6 is 15.9 Å². The Bertz CT molecular complexity index is 686. The quantitative estimate of drug-likeness (QED) is 0.151. The highest BCUT2D eigenvalue weighted by molar-refractivity contribution is 9.11. The first-order valence-electron chi connectivity index (χ1n) is 9.41. The summed E-state index contributed by atoms with van der Waals surface area (Å²) < 4.78 is 16.1. The van der Waals surface area contributed by atoms with E-state index in [1.807, 2.05) is 0 Å². The summed E-state index contributed by atoms with van der Waals surface area (Å²) in [7, 11) is 1.53.